The summed E-state index contributed by atoms with van der Waals surface area (Å²) in [7, 11) is 0. The molecule has 0 unspecified atom stereocenters. The van der Waals surface area contributed by atoms with Crippen molar-refractivity contribution in [2.75, 3.05) is 5.32 Å². The Labute approximate surface area is 138 Å². The fourth-order valence-corrected chi connectivity index (χ4v) is 2.60. The van der Waals surface area contributed by atoms with Gasteiger partial charge >= 0.3 is 0 Å². The van der Waals surface area contributed by atoms with Gasteiger partial charge in [-0.15, -0.1) is 0 Å². The molecule has 2 heterocycles. The Bertz CT molecular complexity index is 1000. The Balaban J connectivity index is 1.54. The molecule has 0 saturated heterocycles. The molecule has 0 atom stereocenters. The summed E-state index contributed by atoms with van der Waals surface area (Å²) in [5, 5.41) is 7.98. The highest BCUT2D eigenvalue weighted by Crippen LogP contribution is 2.18. The summed E-state index contributed by atoms with van der Waals surface area (Å²) in [6.07, 6.45) is 3.10. The van der Waals surface area contributed by atoms with Crippen molar-refractivity contribution in [3.8, 4) is 5.69 Å². The number of aromatic amines is 1. The van der Waals surface area contributed by atoms with Crippen LogP contribution in [0.3, 0.4) is 0 Å². The van der Waals surface area contributed by atoms with Crippen molar-refractivity contribution in [1.82, 2.24) is 19.7 Å². The van der Waals surface area contributed by atoms with E-state index in [0.717, 1.165) is 27.8 Å². The van der Waals surface area contributed by atoms with Crippen molar-refractivity contribution < 1.29 is 4.79 Å². The summed E-state index contributed by atoms with van der Waals surface area (Å²) in [5.74, 6) is -0.169. The predicted octanol–water partition coefficient (Wildman–Crippen LogP) is 3.31. The van der Waals surface area contributed by atoms with Crippen LogP contribution in [0.4, 0.5) is 5.69 Å². The van der Waals surface area contributed by atoms with Crippen LogP contribution in [0.25, 0.3) is 16.6 Å². The van der Waals surface area contributed by atoms with Crippen molar-refractivity contribution in [1.29, 1.82) is 0 Å². The van der Waals surface area contributed by atoms with Crippen molar-refractivity contribution >= 4 is 22.5 Å². The number of aryl methyl sites for hydroxylation is 1. The minimum atomic E-state index is -0.169. The van der Waals surface area contributed by atoms with Gasteiger partial charge in [0.1, 0.15) is 18.3 Å². The molecule has 0 fully saturated rings. The third-order valence-corrected chi connectivity index (χ3v) is 3.83. The minimum Gasteiger partial charge on any atom is -0.351 e. The van der Waals surface area contributed by atoms with Gasteiger partial charge in [-0.2, -0.15) is 5.10 Å². The van der Waals surface area contributed by atoms with E-state index in [1.165, 1.54) is 6.33 Å². The molecule has 0 radical (unpaired) electrons. The fourth-order valence-electron chi connectivity index (χ4n) is 2.60. The molecule has 0 aliphatic heterocycles. The number of nitrogens with one attached hydrogen (secondary N) is 2. The first kappa shape index (κ1) is 14.2. The Hall–Kier alpha value is -3.41. The van der Waals surface area contributed by atoms with Crippen LogP contribution in [0.1, 0.15) is 16.1 Å². The van der Waals surface area contributed by atoms with Gasteiger partial charge in [0, 0.05) is 16.6 Å². The molecule has 0 aliphatic carbocycles. The molecule has 6 heteroatoms. The maximum atomic E-state index is 12.4. The number of amides is 1. The molecule has 4 rings (SSSR count). The maximum Gasteiger partial charge on any atom is 0.272 e. The number of rotatable bonds is 3. The molecule has 2 N–H and O–H groups in total. The Morgan fingerprint density at radius 2 is 1.96 bits per heavy atom. The van der Waals surface area contributed by atoms with Crippen LogP contribution in [0.15, 0.2) is 61.2 Å². The molecular weight excluding hydrogens is 302 g/mol. The number of carbonyl (C=O) groups excluding carboxylic acids is 1. The van der Waals surface area contributed by atoms with E-state index in [-0.39, 0.29) is 5.91 Å². The van der Waals surface area contributed by atoms with Gasteiger partial charge in [-0.1, -0.05) is 12.1 Å². The van der Waals surface area contributed by atoms with E-state index >= 15 is 0 Å². The highest BCUT2D eigenvalue weighted by molar-refractivity contribution is 6.06. The van der Waals surface area contributed by atoms with Crippen LogP contribution < -0.4 is 5.32 Å². The van der Waals surface area contributed by atoms with Gasteiger partial charge in [0.05, 0.1) is 5.69 Å². The predicted molar refractivity (Wildman–Crippen MR) is 92.3 cm³/mol. The second-order valence-electron chi connectivity index (χ2n) is 5.61. The van der Waals surface area contributed by atoms with Gasteiger partial charge in [-0.05, 0) is 48.9 Å². The molecule has 2 aromatic heterocycles. The molecule has 4 aromatic rings. The van der Waals surface area contributed by atoms with Crippen LogP contribution >= 0.6 is 0 Å². The standard InChI is InChI=1S/C18H15N5O/c1-12-2-3-13-9-17(22-16(13)8-12)18(24)21-14-4-6-15(7-5-14)23-11-19-10-20-23/h2-11,22H,1H3,(H,21,24). The second-order valence-corrected chi connectivity index (χ2v) is 5.61. The number of fused-ring (bicyclic) bond motifs is 1. The zero-order valence-electron chi connectivity index (χ0n) is 13.0. The average Bonchev–Trinajstić information content (AvgIpc) is 3.24. The van der Waals surface area contributed by atoms with Gasteiger partial charge < -0.3 is 10.3 Å². The fraction of sp³-hybridized carbons (Fsp3) is 0.0556. The molecule has 24 heavy (non-hydrogen) atoms. The summed E-state index contributed by atoms with van der Waals surface area (Å²) in [5.41, 5.74) is 4.25. The highest BCUT2D eigenvalue weighted by atomic mass is 16.1. The monoisotopic (exact) mass is 317 g/mol. The van der Waals surface area contributed by atoms with Crippen molar-refractivity contribution in [3.05, 3.63) is 72.4 Å². The quantitative estimate of drug-likeness (QED) is 0.608. The lowest BCUT2D eigenvalue weighted by Gasteiger charge is -2.05. The van der Waals surface area contributed by atoms with E-state index in [4.69, 9.17) is 0 Å². The molecule has 118 valence electrons. The number of hydrogen-bond acceptors (Lipinski definition) is 3. The number of anilines is 1. The normalized spacial score (nSPS) is 10.9. The Morgan fingerprint density at radius 3 is 2.71 bits per heavy atom. The number of hydrogen-bond donors (Lipinski definition) is 2. The molecule has 1 amide bonds. The lowest BCUT2D eigenvalue weighted by molar-refractivity contribution is 0.102. The SMILES string of the molecule is Cc1ccc2cc(C(=O)Nc3ccc(-n4cncn4)cc3)[nH]c2c1. The maximum absolute atomic E-state index is 12.4. The average molecular weight is 317 g/mol. The largest absolute Gasteiger partial charge is 0.351 e. The van der Waals surface area contributed by atoms with Crippen LogP contribution in [0, 0.1) is 6.92 Å². The number of nitrogens with zero attached hydrogens (tertiary/aromatic N) is 3. The lowest BCUT2D eigenvalue weighted by Crippen LogP contribution is -2.12. The van der Waals surface area contributed by atoms with E-state index in [2.05, 4.69) is 20.4 Å². The Morgan fingerprint density at radius 1 is 1.12 bits per heavy atom. The number of benzene rings is 2. The van der Waals surface area contributed by atoms with E-state index in [1.54, 1.807) is 11.0 Å². The first-order valence-corrected chi connectivity index (χ1v) is 7.55. The van der Waals surface area contributed by atoms with E-state index in [9.17, 15) is 4.79 Å². The first-order chi connectivity index (χ1) is 11.7. The van der Waals surface area contributed by atoms with E-state index < -0.39 is 0 Å². The van der Waals surface area contributed by atoms with E-state index in [1.807, 2.05) is 55.5 Å². The molecule has 0 saturated carbocycles. The highest BCUT2D eigenvalue weighted by Gasteiger charge is 2.10. The van der Waals surface area contributed by atoms with Crippen LogP contribution in [0.5, 0.6) is 0 Å². The first-order valence-electron chi connectivity index (χ1n) is 7.55. The summed E-state index contributed by atoms with van der Waals surface area (Å²) < 4.78 is 1.66. The summed E-state index contributed by atoms with van der Waals surface area (Å²) >= 11 is 0. The number of aromatic nitrogens is 4. The second kappa shape index (κ2) is 5.66. The molecule has 2 aromatic carbocycles. The molecule has 0 bridgehead atoms. The smallest absolute Gasteiger partial charge is 0.272 e. The van der Waals surface area contributed by atoms with Crippen LogP contribution in [-0.4, -0.2) is 25.7 Å². The zero-order valence-corrected chi connectivity index (χ0v) is 13.0. The third-order valence-electron chi connectivity index (χ3n) is 3.83. The summed E-state index contributed by atoms with van der Waals surface area (Å²) in [6, 6.07) is 15.3. The van der Waals surface area contributed by atoms with Crippen LogP contribution in [0.2, 0.25) is 0 Å². The van der Waals surface area contributed by atoms with Crippen molar-refractivity contribution in [2.45, 2.75) is 6.92 Å². The minimum absolute atomic E-state index is 0.169. The van der Waals surface area contributed by atoms with Gasteiger partial charge in [-0.3, -0.25) is 4.79 Å². The van der Waals surface area contributed by atoms with Crippen molar-refractivity contribution in [2.24, 2.45) is 0 Å². The molecule has 0 aliphatic rings. The van der Waals surface area contributed by atoms with Gasteiger partial charge in [-0.25, -0.2) is 9.67 Å². The van der Waals surface area contributed by atoms with Crippen molar-refractivity contribution in [3.63, 3.8) is 0 Å². The van der Waals surface area contributed by atoms with Gasteiger partial charge in [0.25, 0.3) is 5.91 Å². The summed E-state index contributed by atoms with van der Waals surface area (Å²) in [6.45, 7) is 2.02. The number of carbonyl (C=O) groups is 1. The van der Waals surface area contributed by atoms with E-state index in [0.29, 0.717) is 5.69 Å². The molecule has 6 nitrogen and oxygen atoms in total. The topological polar surface area (TPSA) is 75.6 Å². The number of H-pyrrole nitrogens is 1. The van der Waals surface area contributed by atoms with Gasteiger partial charge in [0.15, 0.2) is 0 Å². The van der Waals surface area contributed by atoms with Crippen LogP contribution in [-0.2, 0) is 0 Å². The zero-order chi connectivity index (χ0) is 16.5. The Kier molecular flexibility index (Phi) is 3.35. The molecular formula is C18H15N5O. The third kappa shape index (κ3) is 2.65. The summed E-state index contributed by atoms with van der Waals surface area (Å²) in [4.78, 5) is 19.5. The molecule has 0 spiro atoms. The van der Waals surface area contributed by atoms with Gasteiger partial charge in [0.2, 0.25) is 0 Å². The lowest BCUT2D eigenvalue weighted by atomic mass is 10.2.